The number of hydrogen-bond donors (Lipinski definition) is 2. The number of aromatic carboxylic acids is 1. The Balaban J connectivity index is 3.49. The fourth-order valence-corrected chi connectivity index (χ4v) is 0.976. The average molecular weight is 213 g/mol. The molecule has 78 valence electrons. The Hall–Kier alpha value is -2.23. The molecule has 3 N–H and O–H groups in total. The fraction of sp³-hybridized carbons (Fsp3) is 0.125. The van der Waals surface area contributed by atoms with Gasteiger partial charge in [0.05, 0.1) is 5.69 Å². The highest BCUT2D eigenvalue weighted by Gasteiger charge is 2.20. The summed E-state index contributed by atoms with van der Waals surface area (Å²) in [4.78, 5) is 13.9. The molecule has 1 aromatic rings. The zero-order valence-electron chi connectivity index (χ0n) is 7.24. The first-order valence-electron chi connectivity index (χ1n) is 3.69. The van der Waals surface area contributed by atoms with Crippen molar-refractivity contribution in [1.82, 2.24) is 4.98 Å². The van der Waals surface area contributed by atoms with Gasteiger partial charge in [0.25, 0.3) is 6.43 Å². The Morgan fingerprint density at radius 1 is 1.67 bits per heavy atom. The van der Waals surface area contributed by atoms with Gasteiger partial charge in [-0.15, -0.1) is 0 Å². The van der Waals surface area contributed by atoms with Gasteiger partial charge >= 0.3 is 5.97 Å². The van der Waals surface area contributed by atoms with Crippen molar-refractivity contribution < 1.29 is 18.7 Å². The third-order valence-corrected chi connectivity index (χ3v) is 1.64. The van der Waals surface area contributed by atoms with Crippen molar-refractivity contribution >= 4 is 11.7 Å². The molecule has 1 aromatic heterocycles. The van der Waals surface area contributed by atoms with E-state index in [1.54, 1.807) is 0 Å². The molecule has 0 bridgehead atoms. The number of nitriles is 1. The summed E-state index contributed by atoms with van der Waals surface area (Å²) in [6.45, 7) is 0. The molecule has 0 fully saturated rings. The second-order valence-electron chi connectivity index (χ2n) is 2.58. The average Bonchev–Trinajstić information content (AvgIpc) is 2.17. The number of halogens is 2. The predicted octanol–water partition coefficient (Wildman–Crippen LogP) is 1.17. The van der Waals surface area contributed by atoms with Gasteiger partial charge in [-0.2, -0.15) is 5.26 Å². The Kier molecular flexibility index (Phi) is 2.80. The molecular weight excluding hydrogens is 208 g/mol. The maximum absolute atomic E-state index is 12.4. The Bertz CT molecular complexity index is 454. The molecule has 0 aliphatic heterocycles. The summed E-state index contributed by atoms with van der Waals surface area (Å²) in [5.74, 6) is -1.55. The minimum Gasteiger partial charge on any atom is -0.476 e. The van der Waals surface area contributed by atoms with Crippen LogP contribution in [0.15, 0.2) is 6.07 Å². The number of carboxylic acid groups (broad SMARTS) is 1. The van der Waals surface area contributed by atoms with Gasteiger partial charge < -0.3 is 10.8 Å². The number of nitrogen functional groups attached to an aromatic ring is 1. The van der Waals surface area contributed by atoms with Crippen LogP contribution in [0.2, 0.25) is 0 Å². The second-order valence-corrected chi connectivity index (χ2v) is 2.58. The molecule has 5 nitrogen and oxygen atoms in total. The van der Waals surface area contributed by atoms with Crippen LogP contribution < -0.4 is 5.73 Å². The number of nitrogens with two attached hydrogens (primary N) is 1. The third kappa shape index (κ3) is 1.99. The first-order valence-corrected chi connectivity index (χ1v) is 3.69. The van der Waals surface area contributed by atoms with E-state index in [-0.39, 0.29) is 0 Å². The summed E-state index contributed by atoms with van der Waals surface area (Å²) in [5, 5.41) is 17.0. The Morgan fingerprint density at radius 3 is 2.67 bits per heavy atom. The maximum Gasteiger partial charge on any atom is 0.356 e. The van der Waals surface area contributed by atoms with Crippen molar-refractivity contribution in [2.75, 3.05) is 5.73 Å². The molecule has 0 unspecified atom stereocenters. The molecule has 0 saturated heterocycles. The van der Waals surface area contributed by atoms with Crippen LogP contribution in [0.5, 0.6) is 0 Å². The molecule has 0 aliphatic carbocycles. The van der Waals surface area contributed by atoms with Crippen molar-refractivity contribution in [3.8, 4) is 6.07 Å². The van der Waals surface area contributed by atoms with E-state index >= 15 is 0 Å². The molecule has 1 heterocycles. The van der Waals surface area contributed by atoms with E-state index in [2.05, 4.69) is 4.98 Å². The predicted molar refractivity (Wildman–Crippen MR) is 45.3 cm³/mol. The molecule has 0 spiro atoms. The number of carboxylic acids is 1. The monoisotopic (exact) mass is 213 g/mol. The lowest BCUT2D eigenvalue weighted by Crippen LogP contribution is -2.10. The zero-order chi connectivity index (χ0) is 11.6. The number of rotatable bonds is 2. The Labute approximate surface area is 82.8 Å². The van der Waals surface area contributed by atoms with E-state index < -0.39 is 35.0 Å². The summed E-state index contributed by atoms with van der Waals surface area (Å²) in [5.41, 5.74) is 2.73. The molecule has 0 radical (unpaired) electrons. The van der Waals surface area contributed by atoms with Gasteiger partial charge in [0, 0.05) is 5.56 Å². The van der Waals surface area contributed by atoms with Crippen molar-refractivity contribution in [1.29, 1.82) is 5.26 Å². The number of nitrogens with zero attached hydrogens (tertiary/aromatic N) is 2. The number of alkyl halides is 2. The molecule has 0 aromatic carbocycles. The van der Waals surface area contributed by atoms with Gasteiger partial charge in [-0.05, 0) is 6.07 Å². The first-order chi connectivity index (χ1) is 6.97. The van der Waals surface area contributed by atoms with Gasteiger partial charge in [-0.3, -0.25) is 0 Å². The van der Waals surface area contributed by atoms with Crippen molar-refractivity contribution in [2.45, 2.75) is 6.43 Å². The highest BCUT2D eigenvalue weighted by molar-refractivity contribution is 5.92. The smallest absolute Gasteiger partial charge is 0.356 e. The van der Waals surface area contributed by atoms with Gasteiger partial charge in [-0.25, -0.2) is 18.6 Å². The second kappa shape index (κ2) is 3.88. The van der Waals surface area contributed by atoms with E-state index in [0.717, 1.165) is 6.07 Å². The van der Waals surface area contributed by atoms with E-state index in [4.69, 9.17) is 16.1 Å². The van der Waals surface area contributed by atoms with Crippen LogP contribution in [0, 0.1) is 11.3 Å². The van der Waals surface area contributed by atoms with E-state index in [0.29, 0.717) is 0 Å². The molecule has 0 saturated carbocycles. The Morgan fingerprint density at radius 2 is 2.27 bits per heavy atom. The lowest BCUT2D eigenvalue weighted by Gasteiger charge is -2.06. The van der Waals surface area contributed by atoms with Crippen molar-refractivity contribution in [2.24, 2.45) is 0 Å². The minimum absolute atomic E-state index is 0.406. The van der Waals surface area contributed by atoms with Gasteiger partial charge in [-0.1, -0.05) is 0 Å². The quantitative estimate of drug-likeness (QED) is 0.767. The normalized spacial score (nSPS) is 10.0. The molecule has 0 atom stereocenters. The highest BCUT2D eigenvalue weighted by atomic mass is 19.3. The molecule has 0 aliphatic rings. The summed E-state index contributed by atoms with van der Waals surface area (Å²) in [6.07, 6.45) is -2.95. The lowest BCUT2D eigenvalue weighted by atomic mass is 10.1. The van der Waals surface area contributed by atoms with Crippen LogP contribution in [-0.2, 0) is 0 Å². The van der Waals surface area contributed by atoms with Crippen LogP contribution >= 0.6 is 0 Å². The third-order valence-electron chi connectivity index (χ3n) is 1.64. The molecule has 7 heteroatoms. The SMILES string of the molecule is N#Cc1cc(C(F)F)c(N)c(C(=O)O)n1. The number of pyridine rings is 1. The van der Waals surface area contributed by atoms with Crippen molar-refractivity contribution in [3.63, 3.8) is 0 Å². The minimum atomic E-state index is -2.95. The van der Waals surface area contributed by atoms with E-state index in [9.17, 15) is 13.6 Å². The number of carbonyl (C=O) groups is 1. The lowest BCUT2D eigenvalue weighted by molar-refractivity contribution is 0.0691. The van der Waals surface area contributed by atoms with Gasteiger partial charge in [0.15, 0.2) is 5.69 Å². The molecule has 0 amide bonds. The summed E-state index contributed by atoms with van der Waals surface area (Å²) in [6, 6.07) is 2.25. The van der Waals surface area contributed by atoms with E-state index in [1.165, 1.54) is 6.07 Å². The number of aromatic nitrogens is 1. The number of hydrogen-bond acceptors (Lipinski definition) is 4. The molecule has 1 rings (SSSR count). The van der Waals surface area contributed by atoms with Crippen LogP contribution in [0.3, 0.4) is 0 Å². The standard InChI is InChI=1S/C8H5F2N3O2/c9-7(10)4-1-3(2-11)13-6(5(4)12)8(14)15/h1,7H,12H2,(H,14,15). The maximum atomic E-state index is 12.4. The molecule has 15 heavy (non-hydrogen) atoms. The van der Waals surface area contributed by atoms with Crippen LogP contribution in [-0.4, -0.2) is 16.1 Å². The van der Waals surface area contributed by atoms with Gasteiger partial charge in [0.1, 0.15) is 11.8 Å². The molecular formula is C8H5F2N3O2. The largest absolute Gasteiger partial charge is 0.476 e. The zero-order valence-corrected chi connectivity index (χ0v) is 7.24. The first kappa shape index (κ1) is 10.8. The summed E-state index contributed by atoms with van der Waals surface area (Å²) >= 11 is 0. The van der Waals surface area contributed by atoms with Gasteiger partial charge in [0.2, 0.25) is 0 Å². The van der Waals surface area contributed by atoms with E-state index in [1.807, 2.05) is 0 Å². The summed E-state index contributed by atoms with van der Waals surface area (Å²) in [7, 11) is 0. The van der Waals surface area contributed by atoms with Crippen LogP contribution in [0.4, 0.5) is 14.5 Å². The topological polar surface area (TPSA) is 100 Å². The van der Waals surface area contributed by atoms with Crippen molar-refractivity contribution in [3.05, 3.63) is 23.0 Å². The highest BCUT2D eigenvalue weighted by Crippen LogP contribution is 2.27. The summed E-state index contributed by atoms with van der Waals surface area (Å²) < 4.78 is 24.8. The number of anilines is 1. The van der Waals surface area contributed by atoms with Crippen LogP contribution in [0.25, 0.3) is 0 Å². The van der Waals surface area contributed by atoms with Crippen LogP contribution in [0.1, 0.15) is 28.2 Å². The fourth-order valence-electron chi connectivity index (χ4n) is 0.976.